The molecule has 0 spiro atoms. The molecular formula is C77H103N11O10. The third kappa shape index (κ3) is 20.5. The molecule has 4 fully saturated rings. The van der Waals surface area contributed by atoms with Gasteiger partial charge in [-0.25, -0.2) is 0 Å². The SMILES string of the molecule is CC[C@H](NC)C(=O)N[C@@H]1C(=O)N2[C@@H](CC[C@@H]1CCNCc1ccccc1)CC[C@H]2C(=O)N[C@H](C(=O)CCCOCc1ccc(COCCNC(=O)[C@@H](NC(=O)[C@@H]2CC[C@@H]3CC[C@H](CCNCc4ccccc4)[C@H](NC(=O)[C@H](CC)NC)C(=O)N32)c2ccccc2)cc1)c1ccccc1. The maximum Gasteiger partial charge on any atom is 0.247 e. The molecule has 9 rings (SSSR count). The Hall–Kier alpha value is -8.18. The topological polar surface area (TPSA) is 270 Å². The van der Waals surface area contributed by atoms with E-state index < -0.39 is 60.1 Å². The molecule has 7 amide bonds. The number of carbonyl (C=O) groups is 8. The highest BCUT2D eigenvalue weighted by Gasteiger charge is 2.50. The lowest BCUT2D eigenvalue weighted by molar-refractivity contribution is -0.144. The minimum absolute atomic E-state index is 0.143. The van der Waals surface area contributed by atoms with Crippen molar-refractivity contribution in [1.82, 2.24) is 57.7 Å². The van der Waals surface area contributed by atoms with Crippen molar-refractivity contribution in [3.63, 3.8) is 0 Å². The molecule has 5 aromatic carbocycles. The van der Waals surface area contributed by atoms with E-state index in [1.807, 2.05) is 123 Å². The van der Waals surface area contributed by atoms with Crippen LogP contribution in [0.2, 0.25) is 0 Å². The minimum atomic E-state index is -1.04. The summed E-state index contributed by atoms with van der Waals surface area (Å²) in [7, 11) is 3.46. The van der Waals surface area contributed by atoms with Crippen LogP contribution < -0.4 is 47.9 Å². The molecule has 526 valence electrons. The Bertz CT molecular complexity index is 3120. The molecule has 0 unspecified atom stereocenters. The Kier molecular flexibility index (Phi) is 28.9. The summed E-state index contributed by atoms with van der Waals surface area (Å²) in [5, 5.41) is 28.4. The largest absolute Gasteiger partial charge is 0.377 e. The average molecular weight is 1340 g/mol. The second kappa shape index (κ2) is 38.3. The van der Waals surface area contributed by atoms with E-state index in [0.29, 0.717) is 134 Å². The van der Waals surface area contributed by atoms with Crippen LogP contribution in [0.5, 0.6) is 0 Å². The van der Waals surface area contributed by atoms with Gasteiger partial charge in [0.2, 0.25) is 41.4 Å². The van der Waals surface area contributed by atoms with Crippen LogP contribution in [0, 0.1) is 11.8 Å². The van der Waals surface area contributed by atoms with Gasteiger partial charge in [-0.2, -0.15) is 0 Å². The summed E-state index contributed by atoms with van der Waals surface area (Å²) in [6.07, 6.45) is 7.95. The summed E-state index contributed by atoms with van der Waals surface area (Å²) in [4.78, 5) is 117. The molecule has 9 N–H and O–H groups in total. The predicted octanol–water partition coefficient (Wildman–Crippen LogP) is 6.76. The van der Waals surface area contributed by atoms with Gasteiger partial charge in [-0.1, -0.05) is 159 Å². The molecule has 0 bridgehead atoms. The number of hydrogen-bond donors (Lipinski definition) is 9. The van der Waals surface area contributed by atoms with Crippen LogP contribution in [0.4, 0.5) is 0 Å². The highest BCUT2D eigenvalue weighted by atomic mass is 16.5. The van der Waals surface area contributed by atoms with Crippen molar-refractivity contribution in [1.29, 1.82) is 0 Å². The molecule has 4 aliphatic rings. The number of ketones is 1. The van der Waals surface area contributed by atoms with Crippen molar-refractivity contribution in [2.45, 2.75) is 190 Å². The van der Waals surface area contributed by atoms with Crippen molar-refractivity contribution in [3.8, 4) is 0 Å². The smallest absolute Gasteiger partial charge is 0.247 e. The molecule has 12 atom stereocenters. The molecule has 21 heteroatoms. The van der Waals surface area contributed by atoms with Gasteiger partial charge < -0.3 is 67.1 Å². The molecule has 0 aliphatic carbocycles. The second-order valence-corrected chi connectivity index (χ2v) is 26.5. The third-order valence-electron chi connectivity index (χ3n) is 20.0. The van der Waals surface area contributed by atoms with E-state index in [9.17, 15) is 38.4 Å². The van der Waals surface area contributed by atoms with Gasteiger partial charge in [-0.3, -0.25) is 38.4 Å². The third-order valence-corrected chi connectivity index (χ3v) is 20.0. The molecule has 4 saturated heterocycles. The van der Waals surface area contributed by atoms with Gasteiger partial charge in [0, 0.05) is 44.7 Å². The number of likely N-dealkylation sites (N-methyl/N-ethyl adjacent to an activating group) is 2. The van der Waals surface area contributed by atoms with Gasteiger partial charge in [0.25, 0.3) is 0 Å². The second-order valence-electron chi connectivity index (χ2n) is 26.5. The number of rotatable bonds is 37. The number of nitrogens with zero attached hydrogens (tertiary/aromatic N) is 2. The zero-order valence-electron chi connectivity index (χ0n) is 57.5. The summed E-state index contributed by atoms with van der Waals surface area (Å²) in [6, 6.07) is 39.7. The number of fused-ring (bicyclic) bond motifs is 2. The summed E-state index contributed by atoms with van der Waals surface area (Å²) in [5.41, 5.74) is 5.39. The fourth-order valence-corrected chi connectivity index (χ4v) is 14.5. The lowest BCUT2D eigenvalue weighted by Gasteiger charge is -2.33. The fourth-order valence-electron chi connectivity index (χ4n) is 14.5. The number of nitrogens with one attached hydrogen (secondary N) is 9. The van der Waals surface area contributed by atoms with Crippen molar-refractivity contribution in [2.75, 3.05) is 46.9 Å². The lowest BCUT2D eigenvalue weighted by atomic mass is 9.90. The molecule has 0 saturated carbocycles. The van der Waals surface area contributed by atoms with Crippen LogP contribution in [-0.4, -0.2) is 152 Å². The van der Waals surface area contributed by atoms with Crippen LogP contribution in [-0.2, 0) is 74.1 Å². The standard InChI is InChI=1S/C77H103N11O10/c1-5-62(78-3)71(90)85-69-58(41-43-80-48-52-20-11-7-12-21-52)33-35-60-37-39-64(87(60)76(69)95)73(92)83-67(56-24-15-9-16-25-56)66(89)28-19-46-97-50-54-29-31-55(32-30-54)51-98-47-45-82-75(94)68(57-26-17-10-18-27-57)84-74(93)65-40-38-61-36-34-59(42-44-81-49-53-22-13-8-14-23-53)70(77(96)88(61)65)86-72(91)63(6-2)79-4/h7-18,20-27,29-32,58-65,67-70,78-81H,5-6,19,28,33-51H2,1-4H3,(H,82,94)(H,83,92)(H,84,93)(H,85,90)(H,86,91)/t58-,59-,60+,61+,62+,63+,64+,65+,67+,68+,69+,70+/m1/s1. The van der Waals surface area contributed by atoms with E-state index in [2.05, 4.69) is 72.1 Å². The van der Waals surface area contributed by atoms with Crippen LogP contribution in [0.15, 0.2) is 146 Å². The normalized spacial score (nSPS) is 21.9. The van der Waals surface area contributed by atoms with E-state index in [0.717, 1.165) is 22.3 Å². The molecular weight excluding hydrogens is 1240 g/mol. The Labute approximate surface area is 578 Å². The van der Waals surface area contributed by atoms with Crippen LogP contribution >= 0.6 is 0 Å². The Morgan fingerprint density at radius 2 is 0.878 bits per heavy atom. The molecule has 5 aromatic rings. The maximum absolute atomic E-state index is 14.8. The van der Waals surface area contributed by atoms with E-state index in [1.54, 1.807) is 36.0 Å². The van der Waals surface area contributed by atoms with Crippen LogP contribution in [0.1, 0.15) is 149 Å². The van der Waals surface area contributed by atoms with Crippen molar-refractivity contribution < 1.29 is 47.8 Å². The summed E-state index contributed by atoms with van der Waals surface area (Å²) < 4.78 is 12.0. The van der Waals surface area contributed by atoms with Gasteiger partial charge in [0.05, 0.1) is 31.9 Å². The Balaban J connectivity index is 0.722. The maximum atomic E-state index is 14.8. The zero-order chi connectivity index (χ0) is 69.2. The van der Waals surface area contributed by atoms with E-state index in [1.165, 1.54) is 0 Å². The van der Waals surface area contributed by atoms with E-state index in [4.69, 9.17) is 9.47 Å². The van der Waals surface area contributed by atoms with Gasteiger partial charge in [-0.15, -0.1) is 0 Å². The first-order valence-corrected chi connectivity index (χ1v) is 35.6. The number of amides is 7. The number of hydrogen-bond acceptors (Lipinski definition) is 14. The van der Waals surface area contributed by atoms with Crippen molar-refractivity contribution in [3.05, 3.63) is 179 Å². The summed E-state index contributed by atoms with van der Waals surface area (Å²) in [6.45, 7) is 7.76. The number of ether oxygens (including phenoxy) is 2. The number of carbonyl (C=O) groups excluding carboxylic acids is 8. The van der Waals surface area contributed by atoms with E-state index in [-0.39, 0.29) is 85.4 Å². The number of benzene rings is 5. The van der Waals surface area contributed by atoms with Gasteiger partial charge >= 0.3 is 0 Å². The minimum Gasteiger partial charge on any atom is -0.377 e. The molecule has 0 radical (unpaired) electrons. The van der Waals surface area contributed by atoms with Crippen LogP contribution in [0.3, 0.4) is 0 Å². The Morgan fingerprint density at radius 3 is 1.32 bits per heavy atom. The summed E-state index contributed by atoms with van der Waals surface area (Å²) in [5.74, 6) is -2.73. The van der Waals surface area contributed by atoms with Crippen LogP contribution in [0.25, 0.3) is 0 Å². The number of Topliss-reactive ketones (excluding diaryl/α,β-unsaturated/α-hetero) is 1. The molecule has 4 aliphatic heterocycles. The van der Waals surface area contributed by atoms with Crippen molar-refractivity contribution >= 4 is 47.1 Å². The van der Waals surface area contributed by atoms with Crippen molar-refractivity contribution in [2.24, 2.45) is 11.8 Å². The van der Waals surface area contributed by atoms with Gasteiger partial charge in [0.15, 0.2) is 5.78 Å². The first kappa shape index (κ1) is 74.1. The Morgan fingerprint density at radius 1 is 0.469 bits per heavy atom. The highest BCUT2D eigenvalue weighted by molar-refractivity contribution is 5.98. The predicted molar refractivity (Wildman–Crippen MR) is 376 cm³/mol. The van der Waals surface area contributed by atoms with Gasteiger partial charge in [-0.05, 0) is 156 Å². The van der Waals surface area contributed by atoms with E-state index >= 15 is 0 Å². The highest BCUT2D eigenvalue weighted by Crippen LogP contribution is 2.38. The summed E-state index contributed by atoms with van der Waals surface area (Å²) >= 11 is 0. The molecule has 21 nitrogen and oxygen atoms in total. The molecule has 4 heterocycles. The average Bonchev–Trinajstić information content (AvgIpc) is 1.63. The zero-order valence-corrected chi connectivity index (χ0v) is 57.5. The first-order valence-electron chi connectivity index (χ1n) is 35.6. The first-order chi connectivity index (χ1) is 47.8. The lowest BCUT2D eigenvalue weighted by Crippen LogP contribution is -2.58. The quantitative estimate of drug-likeness (QED) is 0.0186. The monoisotopic (exact) mass is 1340 g/mol. The molecule has 98 heavy (non-hydrogen) atoms. The van der Waals surface area contributed by atoms with Gasteiger partial charge in [0.1, 0.15) is 36.3 Å². The molecule has 0 aromatic heterocycles. The fraction of sp³-hybridized carbons (Fsp3) is 0.506.